The molecular formula is C30H29N5O5S. The van der Waals surface area contributed by atoms with E-state index in [0.717, 1.165) is 5.56 Å². The predicted molar refractivity (Wildman–Crippen MR) is 150 cm³/mol. The second-order valence-corrected chi connectivity index (χ2v) is 11.4. The number of aryl methyl sites for hydroxylation is 1. The van der Waals surface area contributed by atoms with Gasteiger partial charge in [0.15, 0.2) is 0 Å². The summed E-state index contributed by atoms with van der Waals surface area (Å²) in [7, 11) is -3.95. The summed E-state index contributed by atoms with van der Waals surface area (Å²) in [5.41, 5.74) is 1.64. The van der Waals surface area contributed by atoms with Crippen molar-refractivity contribution in [2.45, 2.75) is 29.9 Å². The van der Waals surface area contributed by atoms with Crippen LogP contribution in [0.25, 0.3) is 0 Å². The van der Waals surface area contributed by atoms with Gasteiger partial charge in [-0.05, 0) is 48.7 Å². The third kappa shape index (κ3) is 7.56. The Morgan fingerprint density at radius 1 is 1.00 bits per heavy atom. The largest absolute Gasteiger partial charge is 0.374 e. The molecule has 4 rings (SSSR count). The van der Waals surface area contributed by atoms with Crippen molar-refractivity contribution in [1.82, 2.24) is 14.9 Å². The number of nitrogens with zero attached hydrogens (tertiary/aromatic N) is 3. The molecule has 0 aliphatic carbocycles. The van der Waals surface area contributed by atoms with Crippen LogP contribution in [-0.2, 0) is 26.0 Å². The number of nitrogens with one attached hydrogen (secondary N) is 2. The highest BCUT2D eigenvalue weighted by Crippen LogP contribution is 2.22. The van der Waals surface area contributed by atoms with E-state index in [4.69, 9.17) is 10.00 Å². The second-order valence-electron chi connectivity index (χ2n) is 9.45. The van der Waals surface area contributed by atoms with Crippen molar-refractivity contribution in [3.05, 3.63) is 101 Å². The number of hydrogen-bond acceptors (Lipinski definition) is 7. The summed E-state index contributed by atoms with van der Waals surface area (Å²) >= 11 is 0. The predicted octanol–water partition coefficient (Wildman–Crippen LogP) is 2.37. The molecule has 1 fully saturated rings. The Morgan fingerprint density at radius 2 is 1.76 bits per heavy atom. The van der Waals surface area contributed by atoms with Gasteiger partial charge in [0, 0.05) is 25.2 Å². The third-order valence-electron chi connectivity index (χ3n) is 6.67. The second kappa shape index (κ2) is 13.7. The summed E-state index contributed by atoms with van der Waals surface area (Å²) in [5.74, 6) is -0.929. The van der Waals surface area contributed by atoms with Crippen LogP contribution in [0.1, 0.15) is 33.5 Å². The minimum Gasteiger partial charge on any atom is -0.374 e. The molecule has 2 amide bonds. The molecule has 1 unspecified atom stereocenters. The van der Waals surface area contributed by atoms with E-state index in [-0.39, 0.29) is 42.3 Å². The van der Waals surface area contributed by atoms with Crippen LogP contribution in [0.3, 0.4) is 0 Å². The van der Waals surface area contributed by atoms with Crippen LogP contribution in [0.2, 0.25) is 0 Å². The number of ether oxygens (including phenoxy) is 1. The van der Waals surface area contributed by atoms with Crippen molar-refractivity contribution < 1.29 is 22.7 Å². The van der Waals surface area contributed by atoms with E-state index in [0.29, 0.717) is 18.4 Å². The standard InChI is InChI=1S/C30H29N5O5S/c31-18-23-9-6-11-24(17-23)29(36)34-27(14-13-22-7-2-1-3-8-22)30(37)33-20-26-21-35(15-16-40-26)41(38,39)28-12-5-4-10-25(28)19-32/h1-12,17,26-27H,13-16,20-21H2,(H,33,37)(H,34,36)/t26?,27-/m0/s1. The monoisotopic (exact) mass is 571 g/mol. The van der Waals surface area contributed by atoms with Gasteiger partial charge in [0.2, 0.25) is 15.9 Å². The van der Waals surface area contributed by atoms with E-state index in [1.54, 1.807) is 30.3 Å². The van der Waals surface area contributed by atoms with E-state index in [2.05, 4.69) is 10.6 Å². The topological polar surface area (TPSA) is 152 Å². The maximum Gasteiger partial charge on any atom is 0.251 e. The van der Waals surface area contributed by atoms with Gasteiger partial charge in [-0.25, -0.2) is 8.42 Å². The van der Waals surface area contributed by atoms with Gasteiger partial charge >= 0.3 is 0 Å². The smallest absolute Gasteiger partial charge is 0.251 e. The SMILES string of the molecule is N#Cc1cccc(C(=O)N[C@@H](CCc2ccccc2)C(=O)NCC2CN(S(=O)(=O)c3ccccc3C#N)CCO2)c1. The normalized spacial score (nSPS) is 16.1. The Morgan fingerprint density at radius 3 is 2.51 bits per heavy atom. The summed E-state index contributed by atoms with van der Waals surface area (Å²) in [4.78, 5) is 26.2. The van der Waals surface area contributed by atoms with Gasteiger partial charge in [-0.15, -0.1) is 0 Å². The maximum absolute atomic E-state index is 13.3. The van der Waals surface area contributed by atoms with E-state index < -0.39 is 34.0 Å². The van der Waals surface area contributed by atoms with Gasteiger partial charge in [0.25, 0.3) is 5.91 Å². The van der Waals surface area contributed by atoms with E-state index in [1.807, 2.05) is 42.5 Å². The van der Waals surface area contributed by atoms with Crippen molar-refractivity contribution in [2.24, 2.45) is 0 Å². The zero-order valence-electron chi connectivity index (χ0n) is 22.2. The molecule has 0 spiro atoms. The molecule has 2 N–H and O–H groups in total. The highest BCUT2D eigenvalue weighted by Gasteiger charge is 2.33. The Kier molecular flexibility index (Phi) is 9.82. The number of sulfonamides is 1. The van der Waals surface area contributed by atoms with E-state index >= 15 is 0 Å². The van der Waals surface area contributed by atoms with Crippen molar-refractivity contribution in [3.63, 3.8) is 0 Å². The minimum absolute atomic E-state index is 0.00955. The molecule has 1 saturated heterocycles. The van der Waals surface area contributed by atoms with Crippen molar-refractivity contribution in [2.75, 3.05) is 26.2 Å². The lowest BCUT2D eigenvalue weighted by Gasteiger charge is -2.32. The molecule has 3 aromatic carbocycles. The molecule has 2 atom stereocenters. The van der Waals surface area contributed by atoms with Crippen LogP contribution in [0.4, 0.5) is 0 Å². The van der Waals surface area contributed by atoms with Crippen LogP contribution in [-0.4, -0.2) is 62.9 Å². The summed E-state index contributed by atoms with van der Waals surface area (Å²) in [6.07, 6.45) is 0.215. The van der Waals surface area contributed by atoms with E-state index in [1.165, 1.54) is 22.5 Å². The van der Waals surface area contributed by atoms with Gasteiger partial charge in [0.05, 0.1) is 34.8 Å². The Labute approximate surface area is 239 Å². The molecule has 10 nitrogen and oxygen atoms in total. The van der Waals surface area contributed by atoms with Crippen LogP contribution < -0.4 is 10.6 Å². The quantitative estimate of drug-likeness (QED) is 0.379. The van der Waals surface area contributed by atoms with Gasteiger partial charge < -0.3 is 15.4 Å². The molecule has 0 aromatic heterocycles. The molecule has 3 aromatic rings. The molecule has 1 aliphatic rings. The molecule has 210 valence electrons. The Hall–Kier alpha value is -4.55. The van der Waals surface area contributed by atoms with Crippen LogP contribution >= 0.6 is 0 Å². The first-order chi connectivity index (χ1) is 19.8. The summed E-state index contributed by atoms with van der Waals surface area (Å²) in [6.45, 7) is 0.249. The fourth-order valence-electron chi connectivity index (χ4n) is 4.49. The molecule has 11 heteroatoms. The van der Waals surface area contributed by atoms with Gasteiger partial charge in [-0.1, -0.05) is 48.5 Å². The number of amides is 2. The number of morpholine rings is 1. The van der Waals surface area contributed by atoms with Gasteiger partial charge in [-0.3, -0.25) is 9.59 Å². The highest BCUT2D eigenvalue weighted by atomic mass is 32.2. The lowest BCUT2D eigenvalue weighted by atomic mass is 10.0. The lowest BCUT2D eigenvalue weighted by molar-refractivity contribution is -0.124. The third-order valence-corrected chi connectivity index (χ3v) is 8.59. The number of carbonyl (C=O) groups is 2. The van der Waals surface area contributed by atoms with Crippen molar-refractivity contribution in [3.8, 4) is 12.1 Å². The molecule has 41 heavy (non-hydrogen) atoms. The molecule has 1 aliphatic heterocycles. The lowest BCUT2D eigenvalue weighted by Crippen LogP contribution is -2.52. The number of nitriles is 2. The average molecular weight is 572 g/mol. The van der Waals surface area contributed by atoms with E-state index in [9.17, 15) is 23.3 Å². The van der Waals surface area contributed by atoms with Crippen molar-refractivity contribution in [1.29, 1.82) is 10.5 Å². The number of benzene rings is 3. The summed E-state index contributed by atoms with van der Waals surface area (Å²) in [5, 5.41) is 24.1. The number of hydrogen-bond donors (Lipinski definition) is 2. The minimum atomic E-state index is -3.95. The Balaban J connectivity index is 1.43. The van der Waals surface area contributed by atoms with Crippen LogP contribution in [0.15, 0.2) is 83.8 Å². The van der Waals surface area contributed by atoms with Gasteiger partial charge in [-0.2, -0.15) is 14.8 Å². The zero-order chi connectivity index (χ0) is 29.2. The molecule has 0 radical (unpaired) electrons. The van der Waals surface area contributed by atoms with Crippen LogP contribution in [0.5, 0.6) is 0 Å². The fraction of sp³-hybridized carbons (Fsp3) is 0.267. The first-order valence-corrected chi connectivity index (χ1v) is 14.5. The van der Waals surface area contributed by atoms with Crippen molar-refractivity contribution >= 4 is 21.8 Å². The molecule has 0 saturated carbocycles. The highest BCUT2D eigenvalue weighted by molar-refractivity contribution is 7.89. The Bertz CT molecular complexity index is 1580. The maximum atomic E-state index is 13.3. The first-order valence-electron chi connectivity index (χ1n) is 13.1. The summed E-state index contributed by atoms with van der Waals surface area (Å²) in [6, 6.07) is 24.8. The van der Waals surface area contributed by atoms with Crippen LogP contribution in [0, 0.1) is 22.7 Å². The van der Waals surface area contributed by atoms with Gasteiger partial charge in [0.1, 0.15) is 12.1 Å². The average Bonchev–Trinajstić information content (AvgIpc) is 3.02. The molecular weight excluding hydrogens is 542 g/mol. The number of carbonyl (C=O) groups excluding carboxylic acids is 2. The number of rotatable bonds is 10. The summed E-state index contributed by atoms with van der Waals surface area (Å²) < 4.78 is 33.5. The zero-order valence-corrected chi connectivity index (χ0v) is 23.0. The molecule has 0 bridgehead atoms. The fourth-order valence-corrected chi connectivity index (χ4v) is 6.09. The molecule has 1 heterocycles. The first kappa shape index (κ1) is 29.4.